The molecular weight excluding hydrogens is 536 g/mol. The predicted molar refractivity (Wildman–Crippen MR) is 126 cm³/mol. The molecule has 0 aromatic heterocycles. The Morgan fingerprint density at radius 3 is 2.50 bits per heavy atom. The van der Waals surface area contributed by atoms with E-state index in [1.165, 1.54) is 11.8 Å². The maximum atomic E-state index is 12.3. The van der Waals surface area contributed by atoms with Crippen molar-refractivity contribution in [1.29, 1.82) is 0 Å². The number of nitrogens with zero attached hydrogens (tertiary/aromatic N) is 1. The molecular formula is C21H18Br2N2O4S. The van der Waals surface area contributed by atoms with Crippen molar-refractivity contribution in [2.45, 2.75) is 13.8 Å². The van der Waals surface area contributed by atoms with E-state index in [9.17, 15) is 9.59 Å². The molecule has 1 amide bonds. The molecule has 30 heavy (non-hydrogen) atoms. The second kappa shape index (κ2) is 10.3. The Morgan fingerprint density at radius 1 is 1.20 bits per heavy atom. The fourth-order valence-corrected chi connectivity index (χ4v) is 4.80. The van der Waals surface area contributed by atoms with Gasteiger partial charge in [-0.15, -0.1) is 0 Å². The summed E-state index contributed by atoms with van der Waals surface area (Å²) in [5, 5.41) is 3.31. The van der Waals surface area contributed by atoms with Crippen LogP contribution in [0.5, 0.6) is 5.75 Å². The number of hydrogen-bond donors (Lipinski definition) is 1. The maximum Gasteiger partial charge on any atom is 0.344 e. The highest BCUT2D eigenvalue weighted by molar-refractivity contribution is 9.11. The predicted octanol–water partition coefficient (Wildman–Crippen LogP) is 5.35. The van der Waals surface area contributed by atoms with Gasteiger partial charge in [-0.2, -0.15) is 0 Å². The molecule has 3 rings (SSSR count). The highest BCUT2D eigenvalue weighted by Crippen LogP contribution is 2.36. The molecule has 1 N–H and O–H groups in total. The van der Waals surface area contributed by atoms with Crippen molar-refractivity contribution in [2.75, 3.05) is 13.2 Å². The number of ether oxygens (including phenoxy) is 2. The molecule has 1 fully saturated rings. The van der Waals surface area contributed by atoms with Gasteiger partial charge in [0, 0.05) is 0 Å². The van der Waals surface area contributed by atoms with Crippen LogP contribution in [0.25, 0.3) is 6.08 Å². The third-order valence-corrected chi connectivity index (χ3v) is 5.96. The van der Waals surface area contributed by atoms with Gasteiger partial charge in [0.15, 0.2) is 11.8 Å². The molecule has 6 nitrogen and oxygen atoms in total. The largest absolute Gasteiger partial charge is 0.480 e. The highest BCUT2D eigenvalue weighted by atomic mass is 79.9. The maximum absolute atomic E-state index is 12.3. The summed E-state index contributed by atoms with van der Waals surface area (Å²) in [5.74, 6) is -0.169. The summed E-state index contributed by atoms with van der Waals surface area (Å²) >= 11 is 8.17. The average Bonchev–Trinajstić information content (AvgIpc) is 3.02. The van der Waals surface area contributed by atoms with Crippen LogP contribution in [-0.4, -0.2) is 30.3 Å². The van der Waals surface area contributed by atoms with Crippen molar-refractivity contribution in [1.82, 2.24) is 5.32 Å². The van der Waals surface area contributed by atoms with E-state index in [1.807, 2.05) is 31.2 Å². The van der Waals surface area contributed by atoms with E-state index in [0.717, 1.165) is 16.8 Å². The number of carbonyl (C=O) groups excluding carboxylic acids is 2. The number of amidine groups is 1. The molecule has 0 aliphatic carbocycles. The normalized spacial score (nSPS) is 16.1. The van der Waals surface area contributed by atoms with Crippen LogP contribution in [-0.2, 0) is 14.3 Å². The van der Waals surface area contributed by atoms with E-state index in [4.69, 9.17) is 9.47 Å². The van der Waals surface area contributed by atoms with E-state index in [1.54, 1.807) is 25.1 Å². The summed E-state index contributed by atoms with van der Waals surface area (Å²) in [6.07, 6.45) is 1.77. The van der Waals surface area contributed by atoms with Crippen LogP contribution in [0.3, 0.4) is 0 Å². The fourth-order valence-electron chi connectivity index (χ4n) is 2.50. The van der Waals surface area contributed by atoms with Crippen LogP contribution in [0.15, 0.2) is 55.2 Å². The average molecular weight is 554 g/mol. The van der Waals surface area contributed by atoms with Crippen molar-refractivity contribution < 1.29 is 19.1 Å². The first kappa shape index (κ1) is 22.6. The summed E-state index contributed by atoms with van der Waals surface area (Å²) in [7, 11) is 0. The van der Waals surface area contributed by atoms with Gasteiger partial charge in [0.05, 0.1) is 26.1 Å². The molecule has 9 heteroatoms. The van der Waals surface area contributed by atoms with E-state index in [2.05, 4.69) is 42.2 Å². The zero-order valence-corrected chi connectivity index (χ0v) is 20.2. The first-order valence-electron chi connectivity index (χ1n) is 8.99. The third kappa shape index (κ3) is 5.96. The van der Waals surface area contributed by atoms with Crippen molar-refractivity contribution in [3.8, 4) is 5.75 Å². The Bertz CT molecular complexity index is 1010. The first-order valence-corrected chi connectivity index (χ1v) is 11.4. The number of esters is 1. The van der Waals surface area contributed by atoms with E-state index in [-0.39, 0.29) is 12.5 Å². The van der Waals surface area contributed by atoms with Gasteiger partial charge in [-0.05, 0) is 93.4 Å². The molecule has 0 radical (unpaired) electrons. The summed E-state index contributed by atoms with van der Waals surface area (Å²) in [5.41, 5.74) is 2.71. The number of halogens is 2. The van der Waals surface area contributed by atoms with Crippen molar-refractivity contribution in [3.05, 3.63) is 61.4 Å². The molecule has 0 saturated carbocycles. The number of benzene rings is 2. The van der Waals surface area contributed by atoms with Crippen molar-refractivity contribution in [2.24, 2.45) is 4.99 Å². The molecule has 2 aromatic carbocycles. The van der Waals surface area contributed by atoms with Crippen LogP contribution in [0.1, 0.15) is 18.1 Å². The molecule has 1 aliphatic heterocycles. The number of thioether (sulfide) groups is 1. The zero-order chi connectivity index (χ0) is 21.7. The Balaban J connectivity index is 1.75. The monoisotopic (exact) mass is 552 g/mol. The van der Waals surface area contributed by atoms with Crippen molar-refractivity contribution >= 4 is 72.4 Å². The van der Waals surface area contributed by atoms with E-state index in [0.29, 0.717) is 31.4 Å². The molecule has 1 aliphatic rings. The lowest BCUT2D eigenvalue weighted by atomic mass is 10.2. The molecule has 156 valence electrons. The second-order valence-corrected chi connectivity index (χ2v) is 8.96. The highest BCUT2D eigenvalue weighted by Gasteiger charge is 2.24. The van der Waals surface area contributed by atoms with Gasteiger partial charge in [-0.25, -0.2) is 9.79 Å². The van der Waals surface area contributed by atoms with Gasteiger partial charge in [0.1, 0.15) is 5.75 Å². The number of hydrogen-bond acceptors (Lipinski definition) is 6. The molecule has 0 atom stereocenters. The minimum atomic E-state index is -0.443. The number of aryl methyl sites for hydroxylation is 1. The van der Waals surface area contributed by atoms with Crippen LogP contribution in [0, 0.1) is 6.92 Å². The number of nitrogens with one attached hydrogen (secondary N) is 1. The lowest BCUT2D eigenvalue weighted by Gasteiger charge is -2.11. The minimum Gasteiger partial charge on any atom is -0.480 e. The standard InChI is InChI=1S/C21H18Br2N2O4S/c1-3-28-18(26)11-29-19-15(22)8-13(9-16(19)23)10-17-20(27)25-21(30-17)24-14-6-4-12(2)5-7-14/h4-10H,3,11H2,1-2H3,(H,24,25,27)/b17-10-. The summed E-state index contributed by atoms with van der Waals surface area (Å²) in [6.45, 7) is 3.85. The van der Waals surface area contributed by atoms with Gasteiger partial charge in [0.25, 0.3) is 5.91 Å². The van der Waals surface area contributed by atoms with E-state index >= 15 is 0 Å². The topological polar surface area (TPSA) is 77.0 Å². The Labute approximate surface area is 195 Å². The smallest absolute Gasteiger partial charge is 0.344 e. The van der Waals surface area contributed by atoms with Crippen molar-refractivity contribution in [3.63, 3.8) is 0 Å². The van der Waals surface area contributed by atoms with E-state index < -0.39 is 5.97 Å². The molecule has 1 heterocycles. The SMILES string of the molecule is CCOC(=O)COc1c(Br)cc(/C=C2\SC(=Nc3ccc(C)cc3)NC2=O)cc1Br. The molecule has 2 aromatic rings. The van der Waals surface area contributed by atoms with Gasteiger partial charge in [0.2, 0.25) is 0 Å². The molecule has 0 spiro atoms. The minimum absolute atomic E-state index is 0.192. The summed E-state index contributed by atoms with van der Waals surface area (Å²) < 4.78 is 11.7. The first-order chi connectivity index (χ1) is 14.4. The number of amides is 1. The third-order valence-electron chi connectivity index (χ3n) is 3.87. The molecule has 0 unspecified atom stereocenters. The number of carbonyl (C=O) groups is 2. The van der Waals surface area contributed by atoms with Crippen LogP contribution in [0.2, 0.25) is 0 Å². The van der Waals surface area contributed by atoms with Gasteiger partial charge >= 0.3 is 5.97 Å². The quantitative estimate of drug-likeness (QED) is 0.385. The second-order valence-electron chi connectivity index (χ2n) is 6.22. The van der Waals surface area contributed by atoms with Gasteiger partial charge in [-0.3, -0.25) is 4.79 Å². The lowest BCUT2D eigenvalue weighted by Crippen LogP contribution is -2.19. The fraction of sp³-hybridized carbons (Fsp3) is 0.190. The van der Waals surface area contributed by atoms with Gasteiger partial charge in [-0.1, -0.05) is 17.7 Å². The van der Waals surface area contributed by atoms with Gasteiger partial charge < -0.3 is 14.8 Å². The lowest BCUT2D eigenvalue weighted by molar-refractivity contribution is -0.145. The van der Waals surface area contributed by atoms with Crippen LogP contribution < -0.4 is 10.1 Å². The van der Waals surface area contributed by atoms with Crippen LogP contribution in [0.4, 0.5) is 5.69 Å². The molecule has 0 bridgehead atoms. The zero-order valence-electron chi connectivity index (χ0n) is 16.2. The number of rotatable bonds is 6. The van der Waals surface area contributed by atoms with Crippen LogP contribution >= 0.6 is 43.6 Å². The Kier molecular flexibility index (Phi) is 7.74. The summed E-state index contributed by atoms with van der Waals surface area (Å²) in [6, 6.07) is 11.4. The Morgan fingerprint density at radius 2 is 1.87 bits per heavy atom. The molecule has 1 saturated heterocycles. The summed E-state index contributed by atoms with van der Waals surface area (Å²) in [4.78, 5) is 28.8. The Hall–Kier alpha value is -2.10. The number of aliphatic imine (C=N–C) groups is 1.